The summed E-state index contributed by atoms with van der Waals surface area (Å²) in [7, 11) is 0. The van der Waals surface area contributed by atoms with Crippen molar-refractivity contribution in [1.29, 1.82) is 0 Å². The van der Waals surface area contributed by atoms with Gasteiger partial charge in [0.1, 0.15) is 11.2 Å². The second kappa shape index (κ2) is 11.9. The van der Waals surface area contributed by atoms with Gasteiger partial charge in [0.25, 0.3) is 0 Å². The number of rotatable bonds is 5. The molecule has 4 heteroatoms. The molecule has 2 heterocycles. The molecule has 0 radical (unpaired) electrons. The maximum Gasteiger partial charge on any atom is 0.165 e. The van der Waals surface area contributed by atoms with Crippen LogP contribution in [0.2, 0.25) is 0 Å². The molecule has 0 N–H and O–H groups in total. The molecule has 0 aliphatic heterocycles. The van der Waals surface area contributed by atoms with Gasteiger partial charge in [-0.15, -0.1) is 0 Å². The third kappa shape index (κ3) is 5.04. The zero-order valence-corrected chi connectivity index (χ0v) is 27.5. The van der Waals surface area contributed by atoms with Gasteiger partial charge < -0.3 is 4.42 Å². The molecule has 0 aliphatic rings. The average molecular weight is 652 g/mol. The van der Waals surface area contributed by atoms with Crippen LogP contribution in [-0.4, -0.2) is 15.0 Å². The number of fused-ring (bicyclic) bond motifs is 5. The normalized spacial score (nSPS) is 11.5. The molecule has 0 saturated heterocycles. The van der Waals surface area contributed by atoms with Crippen LogP contribution in [0.5, 0.6) is 0 Å². The van der Waals surface area contributed by atoms with E-state index < -0.39 is 0 Å². The topological polar surface area (TPSA) is 51.8 Å². The number of aromatic nitrogens is 3. The molecular formula is C47H29N3O. The van der Waals surface area contributed by atoms with Gasteiger partial charge in [-0.2, -0.15) is 0 Å². The Bertz CT molecular complexity index is 2910. The summed E-state index contributed by atoms with van der Waals surface area (Å²) in [6.07, 6.45) is 0. The van der Waals surface area contributed by atoms with E-state index in [4.69, 9.17) is 19.4 Å². The first kappa shape index (κ1) is 29.0. The van der Waals surface area contributed by atoms with Gasteiger partial charge in [-0.25, -0.2) is 15.0 Å². The van der Waals surface area contributed by atoms with Crippen molar-refractivity contribution < 1.29 is 4.42 Å². The summed E-state index contributed by atoms with van der Waals surface area (Å²) in [6, 6.07) is 61.0. The lowest BCUT2D eigenvalue weighted by atomic mass is 9.93. The lowest BCUT2D eigenvalue weighted by molar-refractivity contribution is 0.670. The third-order valence-electron chi connectivity index (χ3n) is 9.72. The predicted molar refractivity (Wildman–Crippen MR) is 209 cm³/mol. The molecular weight excluding hydrogens is 623 g/mol. The summed E-state index contributed by atoms with van der Waals surface area (Å²) in [5.74, 6) is 1.91. The maximum atomic E-state index is 6.36. The smallest absolute Gasteiger partial charge is 0.165 e. The van der Waals surface area contributed by atoms with Gasteiger partial charge in [0.05, 0.1) is 0 Å². The minimum absolute atomic E-state index is 0.629. The van der Waals surface area contributed by atoms with E-state index in [9.17, 15) is 0 Å². The maximum absolute atomic E-state index is 6.36. The number of hydrogen-bond acceptors (Lipinski definition) is 4. The average Bonchev–Trinajstić information content (AvgIpc) is 3.59. The molecule has 0 aliphatic carbocycles. The minimum Gasteiger partial charge on any atom is -0.455 e. The van der Waals surface area contributed by atoms with Crippen molar-refractivity contribution in [3.63, 3.8) is 0 Å². The molecule has 0 fully saturated rings. The zero-order chi connectivity index (χ0) is 33.7. The largest absolute Gasteiger partial charge is 0.455 e. The van der Waals surface area contributed by atoms with E-state index in [0.29, 0.717) is 17.5 Å². The standard InChI is InChI=1S/C47H29N3O/c1-3-12-30(13-4-1)38-27-26-31-14-7-8-17-37(31)43(38)47-49-45(32-15-5-2-6-16-32)48-46(50-47)36-25-23-33-28-35(24-22-34(33)29-36)39-19-11-20-41-40-18-9-10-21-42(40)51-44(39)41/h1-29H. The summed E-state index contributed by atoms with van der Waals surface area (Å²) in [5, 5.41) is 6.72. The Morgan fingerprint density at radius 3 is 1.73 bits per heavy atom. The molecule has 0 saturated carbocycles. The molecule has 238 valence electrons. The van der Waals surface area contributed by atoms with Gasteiger partial charge in [0.15, 0.2) is 17.5 Å². The molecule has 0 spiro atoms. The van der Waals surface area contributed by atoms with Crippen molar-refractivity contribution in [2.75, 3.05) is 0 Å². The molecule has 4 nitrogen and oxygen atoms in total. The molecule has 10 aromatic rings. The predicted octanol–water partition coefficient (Wildman–Crippen LogP) is 12.4. The Labute approximate surface area is 294 Å². The van der Waals surface area contributed by atoms with Crippen LogP contribution in [0.25, 0.3) is 99.9 Å². The number of hydrogen-bond donors (Lipinski definition) is 0. The molecule has 10 rings (SSSR count). The van der Waals surface area contributed by atoms with E-state index in [1.165, 1.54) is 0 Å². The number of nitrogens with zero attached hydrogens (tertiary/aromatic N) is 3. The summed E-state index contributed by atoms with van der Waals surface area (Å²) < 4.78 is 6.36. The van der Waals surface area contributed by atoms with Crippen molar-refractivity contribution >= 4 is 43.5 Å². The fourth-order valence-electron chi connectivity index (χ4n) is 7.23. The molecule has 8 aromatic carbocycles. The summed E-state index contributed by atoms with van der Waals surface area (Å²) in [5.41, 5.74) is 9.04. The Hall–Kier alpha value is -6.91. The second-order valence-corrected chi connectivity index (χ2v) is 12.8. The van der Waals surface area contributed by atoms with Gasteiger partial charge >= 0.3 is 0 Å². The Balaban J connectivity index is 1.14. The first-order chi connectivity index (χ1) is 25.3. The Morgan fingerprint density at radius 1 is 0.333 bits per heavy atom. The van der Waals surface area contributed by atoms with E-state index in [1.807, 2.05) is 36.4 Å². The van der Waals surface area contributed by atoms with Crippen molar-refractivity contribution in [2.24, 2.45) is 0 Å². The molecule has 0 atom stereocenters. The van der Waals surface area contributed by atoms with E-state index in [1.54, 1.807) is 0 Å². The molecule has 0 bridgehead atoms. The highest BCUT2D eigenvalue weighted by molar-refractivity contribution is 6.10. The lowest BCUT2D eigenvalue weighted by Gasteiger charge is -2.15. The Morgan fingerprint density at radius 2 is 0.922 bits per heavy atom. The van der Waals surface area contributed by atoms with E-state index in [-0.39, 0.29) is 0 Å². The SMILES string of the molecule is c1ccc(-c2nc(-c3ccc4cc(-c5cccc6c5oc5ccccc56)ccc4c3)nc(-c3c(-c4ccccc4)ccc4ccccc34)n2)cc1. The van der Waals surface area contributed by atoms with Crippen LogP contribution in [-0.2, 0) is 0 Å². The van der Waals surface area contributed by atoms with Crippen LogP contribution in [0.15, 0.2) is 180 Å². The van der Waals surface area contributed by atoms with Crippen LogP contribution in [0, 0.1) is 0 Å². The fraction of sp³-hybridized carbons (Fsp3) is 0. The van der Waals surface area contributed by atoms with Gasteiger partial charge in [0, 0.05) is 33.0 Å². The molecule has 0 amide bonds. The van der Waals surface area contributed by atoms with Gasteiger partial charge in [-0.1, -0.05) is 158 Å². The van der Waals surface area contributed by atoms with Crippen molar-refractivity contribution in [3.8, 4) is 56.4 Å². The summed E-state index contributed by atoms with van der Waals surface area (Å²) in [4.78, 5) is 15.5. The van der Waals surface area contributed by atoms with E-state index in [0.717, 1.165) is 82.4 Å². The highest BCUT2D eigenvalue weighted by atomic mass is 16.3. The van der Waals surface area contributed by atoms with E-state index in [2.05, 4.69) is 140 Å². The first-order valence-electron chi connectivity index (χ1n) is 17.1. The first-order valence-corrected chi connectivity index (χ1v) is 17.1. The van der Waals surface area contributed by atoms with Gasteiger partial charge in [-0.05, 0) is 56.4 Å². The number of benzene rings is 8. The monoisotopic (exact) mass is 651 g/mol. The number of furan rings is 1. The lowest BCUT2D eigenvalue weighted by Crippen LogP contribution is -2.01. The van der Waals surface area contributed by atoms with Gasteiger partial charge in [-0.3, -0.25) is 0 Å². The van der Waals surface area contributed by atoms with Crippen LogP contribution in [0.4, 0.5) is 0 Å². The second-order valence-electron chi connectivity index (χ2n) is 12.8. The van der Waals surface area contributed by atoms with Crippen molar-refractivity contribution in [1.82, 2.24) is 15.0 Å². The Kier molecular flexibility index (Phi) is 6.78. The highest BCUT2D eigenvalue weighted by Crippen LogP contribution is 2.39. The van der Waals surface area contributed by atoms with Crippen LogP contribution in [0.1, 0.15) is 0 Å². The van der Waals surface area contributed by atoms with Gasteiger partial charge in [0.2, 0.25) is 0 Å². The minimum atomic E-state index is 0.629. The number of para-hydroxylation sites is 2. The van der Waals surface area contributed by atoms with Crippen molar-refractivity contribution in [2.45, 2.75) is 0 Å². The summed E-state index contributed by atoms with van der Waals surface area (Å²) >= 11 is 0. The van der Waals surface area contributed by atoms with Crippen LogP contribution in [0.3, 0.4) is 0 Å². The third-order valence-corrected chi connectivity index (χ3v) is 9.72. The van der Waals surface area contributed by atoms with E-state index >= 15 is 0 Å². The molecule has 51 heavy (non-hydrogen) atoms. The molecule has 2 aromatic heterocycles. The highest BCUT2D eigenvalue weighted by Gasteiger charge is 2.19. The quantitative estimate of drug-likeness (QED) is 0.186. The van der Waals surface area contributed by atoms with Crippen molar-refractivity contribution in [3.05, 3.63) is 176 Å². The van der Waals surface area contributed by atoms with Crippen LogP contribution < -0.4 is 0 Å². The summed E-state index contributed by atoms with van der Waals surface area (Å²) in [6.45, 7) is 0. The zero-order valence-electron chi connectivity index (χ0n) is 27.5. The van der Waals surface area contributed by atoms with Crippen LogP contribution >= 0.6 is 0 Å². The molecule has 0 unspecified atom stereocenters. The fourth-order valence-corrected chi connectivity index (χ4v) is 7.23.